The van der Waals surface area contributed by atoms with Gasteiger partial charge in [-0.15, -0.1) is 0 Å². The van der Waals surface area contributed by atoms with Gasteiger partial charge in [0.05, 0.1) is 50.9 Å². The summed E-state index contributed by atoms with van der Waals surface area (Å²) in [4.78, 5) is 16.8. The van der Waals surface area contributed by atoms with Gasteiger partial charge in [0.1, 0.15) is 18.0 Å². The lowest BCUT2D eigenvalue weighted by molar-refractivity contribution is -0.119. The summed E-state index contributed by atoms with van der Waals surface area (Å²) in [7, 11) is 1.36. The van der Waals surface area contributed by atoms with Crippen LogP contribution < -0.4 is 28.7 Å². The summed E-state index contributed by atoms with van der Waals surface area (Å²) in [6.07, 6.45) is 2.92. The topological polar surface area (TPSA) is 129 Å². The molecule has 0 radical (unpaired) electrons. The van der Waals surface area contributed by atoms with Gasteiger partial charge in [-0.2, -0.15) is 5.10 Å². The molecule has 2 aromatic carbocycles. The van der Waals surface area contributed by atoms with Gasteiger partial charge in [-0.25, -0.2) is 13.8 Å². The van der Waals surface area contributed by atoms with Crippen LogP contribution in [-0.2, 0) is 14.8 Å². The van der Waals surface area contributed by atoms with Gasteiger partial charge in [-0.3, -0.25) is 14.1 Å². The Morgan fingerprint density at radius 1 is 0.944 bits per heavy atom. The van der Waals surface area contributed by atoms with E-state index in [9.17, 15) is 13.2 Å². The van der Waals surface area contributed by atoms with Crippen molar-refractivity contribution in [2.45, 2.75) is 4.90 Å². The summed E-state index contributed by atoms with van der Waals surface area (Å²) in [5, 5.41) is 3.87. The minimum absolute atomic E-state index is 0.0930. The van der Waals surface area contributed by atoms with Crippen molar-refractivity contribution in [3.8, 4) is 23.0 Å². The highest BCUT2D eigenvalue weighted by Gasteiger charge is 2.31. The van der Waals surface area contributed by atoms with Crippen molar-refractivity contribution in [3.05, 3.63) is 66.5 Å². The van der Waals surface area contributed by atoms with E-state index in [-0.39, 0.29) is 22.1 Å². The van der Waals surface area contributed by atoms with E-state index in [0.29, 0.717) is 17.2 Å². The number of nitrogens with one attached hydrogen (secondary N) is 1. The van der Waals surface area contributed by atoms with Gasteiger partial charge < -0.3 is 18.9 Å². The molecule has 0 saturated heterocycles. The summed E-state index contributed by atoms with van der Waals surface area (Å²) in [6.45, 7) is -0.611. The summed E-state index contributed by atoms with van der Waals surface area (Å²) < 4.78 is 49.6. The van der Waals surface area contributed by atoms with Crippen LogP contribution in [0.15, 0.2) is 70.8 Å². The van der Waals surface area contributed by atoms with Crippen LogP contribution in [0.4, 0.5) is 5.69 Å². The molecule has 0 saturated carbocycles. The van der Waals surface area contributed by atoms with E-state index < -0.39 is 22.5 Å². The number of carbonyl (C=O) groups is 1. The number of benzene rings is 2. The highest BCUT2D eigenvalue weighted by atomic mass is 32.2. The van der Waals surface area contributed by atoms with Crippen LogP contribution in [0.5, 0.6) is 23.0 Å². The molecule has 1 heterocycles. The molecule has 1 N–H and O–H groups in total. The maximum Gasteiger partial charge on any atom is 0.265 e. The third-order valence-corrected chi connectivity index (χ3v) is 6.71. The molecule has 3 aromatic rings. The number of hydrogen-bond donors (Lipinski definition) is 1. The minimum Gasteiger partial charge on any atom is -0.497 e. The van der Waals surface area contributed by atoms with Crippen molar-refractivity contribution >= 4 is 27.8 Å². The quantitative estimate of drug-likeness (QED) is 0.305. The number of amides is 1. The molecule has 0 atom stereocenters. The molecular formula is C24H26N4O7S. The van der Waals surface area contributed by atoms with E-state index >= 15 is 0 Å². The molecule has 3 rings (SSSR count). The smallest absolute Gasteiger partial charge is 0.265 e. The van der Waals surface area contributed by atoms with E-state index in [0.717, 1.165) is 4.31 Å². The predicted molar refractivity (Wildman–Crippen MR) is 134 cm³/mol. The monoisotopic (exact) mass is 514 g/mol. The summed E-state index contributed by atoms with van der Waals surface area (Å²) in [5.74, 6) is 0.441. The van der Waals surface area contributed by atoms with Gasteiger partial charge in [0.25, 0.3) is 15.9 Å². The van der Waals surface area contributed by atoms with Gasteiger partial charge in [0.2, 0.25) is 0 Å². The van der Waals surface area contributed by atoms with Crippen molar-refractivity contribution in [2.75, 3.05) is 39.3 Å². The van der Waals surface area contributed by atoms with Gasteiger partial charge in [0, 0.05) is 18.3 Å². The minimum atomic E-state index is -4.30. The second-order valence-electron chi connectivity index (χ2n) is 7.11. The van der Waals surface area contributed by atoms with Crippen molar-refractivity contribution in [2.24, 2.45) is 5.10 Å². The van der Waals surface area contributed by atoms with E-state index in [2.05, 4.69) is 15.5 Å². The normalized spacial score (nSPS) is 11.1. The maximum atomic E-state index is 13.8. The highest BCUT2D eigenvalue weighted by molar-refractivity contribution is 7.92. The molecule has 190 valence electrons. The zero-order valence-electron chi connectivity index (χ0n) is 20.2. The van der Waals surface area contributed by atoms with Crippen molar-refractivity contribution in [1.29, 1.82) is 0 Å². The molecular weight excluding hydrogens is 488 g/mol. The van der Waals surface area contributed by atoms with Crippen molar-refractivity contribution in [3.63, 3.8) is 0 Å². The van der Waals surface area contributed by atoms with Crippen LogP contribution in [0.3, 0.4) is 0 Å². The first kappa shape index (κ1) is 26.3. The Labute approximate surface area is 209 Å². The third kappa shape index (κ3) is 6.02. The number of rotatable bonds is 11. The zero-order chi connectivity index (χ0) is 26.1. The molecule has 0 fully saturated rings. The van der Waals surface area contributed by atoms with E-state index in [1.807, 2.05) is 0 Å². The molecule has 0 unspecified atom stereocenters. The molecule has 11 nitrogen and oxygen atoms in total. The number of nitrogens with zero attached hydrogens (tertiary/aromatic N) is 3. The zero-order valence-corrected chi connectivity index (χ0v) is 21.0. The Balaban J connectivity index is 2.02. The van der Waals surface area contributed by atoms with Crippen LogP contribution in [0.1, 0.15) is 5.69 Å². The Morgan fingerprint density at radius 3 is 2.31 bits per heavy atom. The molecule has 0 aliphatic carbocycles. The number of methoxy groups -OCH3 is 4. The summed E-state index contributed by atoms with van der Waals surface area (Å²) >= 11 is 0. The van der Waals surface area contributed by atoms with Crippen molar-refractivity contribution in [1.82, 2.24) is 10.4 Å². The van der Waals surface area contributed by atoms with Gasteiger partial charge >= 0.3 is 0 Å². The number of sulfonamides is 1. The second-order valence-corrected chi connectivity index (χ2v) is 8.98. The lowest BCUT2D eigenvalue weighted by atomic mass is 10.2. The number of hydrogen-bond acceptors (Lipinski definition) is 9. The van der Waals surface area contributed by atoms with Crippen LogP contribution in [0.25, 0.3) is 0 Å². The Hall–Kier alpha value is -4.32. The van der Waals surface area contributed by atoms with E-state index in [1.165, 1.54) is 58.9 Å². The first-order valence-electron chi connectivity index (χ1n) is 10.5. The summed E-state index contributed by atoms with van der Waals surface area (Å²) in [6, 6.07) is 14.0. The van der Waals surface area contributed by atoms with E-state index in [1.54, 1.807) is 36.5 Å². The van der Waals surface area contributed by atoms with Gasteiger partial charge in [-0.05, 0) is 36.4 Å². The van der Waals surface area contributed by atoms with Crippen LogP contribution in [0.2, 0.25) is 0 Å². The molecule has 0 aliphatic rings. The lowest BCUT2D eigenvalue weighted by Gasteiger charge is -2.26. The van der Waals surface area contributed by atoms with Crippen LogP contribution >= 0.6 is 0 Å². The Bertz CT molecular complexity index is 1330. The number of hydrazone groups is 1. The second kappa shape index (κ2) is 11.9. The fraction of sp³-hybridized carbons (Fsp3) is 0.208. The Kier molecular flexibility index (Phi) is 8.68. The molecule has 0 spiro atoms. The number of ether oxygens (including phenoxy) is 4. The first-order valence-corrected chi connectivity index (χ1v) is 12.0. The predicted octanol–water partition coefficient (Wildman–Crippen LogP) is 2.46. The SMILES string of the molecule is COc1ccc(OC)c(N(CC(=O)N/N=C\c2ccccn2)S(=O)(=O)c2ccc(OC)c(OC)c2)c1. The largest absolute Gasteiger partial charge is 0.497 e. The number of anilines is 1. The number of pyridine rings is 1. The van der Waals surface area contributed by atoms with Gasteiger partial charge in [0.15, 0.2) is 11.5 Å². The fourth-order valence-corrected chi connectivity index (χ4v) is 4.62. The molecule has 1 amide bonds. The Morgan fingerprint density at radius 2 is 1.67 bits per heavy atom. The van der Waals surface area contributed by atoms with Crippen LogP contribution in [0, 0.1) is 0 Å². The maximum absolute atomic E-state index is 13.8. The number of aromatic nitrogens is 1. The molecule has 0 bridgehead atoms. The molecule has 0 aliphatic heterocycles. The van der Waals surface area contributed by atoms with Crippen LogP contribution in [-0.4, -0.2) is 60.5 Å². The lowest BCUT2D eigenvalue weighted by Crippen LogP contribution is -2.39. The first-order chi connectivity index (χ1) is 17.3. The standard InChI is InChI=1S/C24H26N4O7S/c1-32-18-8-10-21(33-2)20(13-18)28(16-24(29)27-26-15-17-7-5-6-12-25-17)36(30,31)19-9-11-22(34-3)23(14-19)35-4/h5-15H,16H2,1-4H3,(H,27,29)/b26-15-. The number of carbonyl (C=O) groups excluding carboxylic acids is 1. The molecule has 36 heavy (non-hydrogen) atoms. The van der Waals surface area contributed by atoms with Crippen molar-refractivity contribution < 1.29 is 32.2 Å². The fourth-order valence-electron chi connectivity index (χ4n) is 3.18. The summed E-state index contributed by atoms with van der Waals surface area (Å²) in [5.41, 5.74) is 2.94. The molecule has 1 aromatic heterocycles. The third-order valence-electron chi connectivity index (χ3n) is 4.96. The van der Waals surface area contributed by atoms with Gasteiger partial charge in [-0.1, -0.05) is 6.07 Å². The van der Waals surface area contributed by atoms with E-state index in [4.69, 9.17) is 18.9 Å². The average molecular weight is 515 g/mol. The average Bonchev–Trinajstić information content (AvgIpc) is 2.91. The highest BCUT2D eigenvalue weighted by Crippen LogP contribution is 2.37. The molecule has 12 heteroatoms.